The molecule has 4 aliphatic rings. The molecule has 2 N–H and O–H groups in total. The summed E-state index contributed by atoms with van der Waals surface area (Å²) in [4.78, 5) is 14.8. The summed E-state index contributed by atoms with van der Waals surface area (Å²) in [7, 11) is 1.99. The predicted molar refractivity (Wildman–Crippen MR) is 82.6 cm³/mol. The average Bonchev–Trinajstić information content (AvgIpc) is 2.86. The van der Waals surface area contributed by atoms with Gasteiger partial charge >= 0.3 is 0 Å². The number of rotatable bonds is 0. The van der Waals surface area contributed by atoms with E-state index in [1.165, 1.54) is 0 Å². The molecule has 2 aliphatic carbocycles. The maximum atomic E-state index is 12.7. The van der Waals surface area contributed by atoms with Crippen molar-refractivity contribution in [2.45, 2.75) is 55.5 Å². The number of aliphatic hydroxyl groups excluding tert-OH is 1. The summed E-state index contributed by atoms with van der Waals surface area (Å²) >= 11 is 0. The normalized spacial score (nSPS) is 44.0. The van der Waals surface area contributed by atoms with Crippen molar-refractivity contribution in [3.63, 3.8) is 0 Å². The fourth-order valence-corrected chi connectivity index (χ4v) is 5.73. The first kappa shape index (κ1) is 14.0. The molecule has 1 saturated carbocycles. The third-order valence-electron chi connectivity index (χ3n) is 6.79. The zero-order valence-corrected chi connectivity index (χ0v) is 13.4. The Balaban J connectivity index is 1.89. The highest BCUT2D eigenvalue weighted by atomic mass is 16.5. The molecule has 0 aromatic heterocycles. The van der Waals surface area contributed by atoms with Crippen LogP contribution in [0.25, 0.3) is 0 Å². The minimum Gasteiger partial charge on any atom is -0.481 e. The van der Waals surface area contributed by atoms with Crippen LogP contribution >= 0.6 is 0 Å². The molecule has 1 aromatic carbocycles. The molecular formula is C18H21NO4. The number of benzene rings is 1. The average molecular weight is 315 g/mol. The number of aryl methyl sites for hydroxylation is 1. The summed E-state index contributed by atoms with van der Waals surface area (Å²) in [6, 6.07) is 3.94. The van der Waals surface area contributed by atoms with Crippen molar-refractivity contribution < 1.29 is 19.7 Å². The molecule has 2 aliphatic heterocycles. The largest absolute Gasteiger partial charge is 0.481 e. The highest BCUT2D eigenvalue weighted by Crippen LogP contribution is 2.63. The van der Waals surface area contributed by atoms with Crippen LogP contribution in [0.2, 0.25) is 0 Å². The van der Waals surface area contributed by atoms with Crippen LogP contribution in [0, 0.1) is 6.92 Å². The van der Waals surface area contributed by atoms with Crippen LogP contribution in [0.5, 0.6) is 5.75 Å². The third kappa shape index (κ3) is 1.28. The van der Waals surface area contributed by atoms with Gasteiger partial charge < -0.3 is 19.8 Å². The number of piperidine rings is 1. The molecule has 0 amide bonds. The van der Waals surface area contributed by atoms with E-state index in [0.717, 1.165) is 29.0 Å². The monoisotopic (exact) mass is 315 g/mol. The smallest absolute Gasteiger partial charge is 0.177 e. The first-order valence-corrected chi connectivity index (χ1v) is 8.34. The highest BCUT2D eigenvalue weighted by molar-refractivity contribution is 5.90. The van der Waals surface area contributed by atoms with Crippen molar-refractivity contribution in [2.24, 2.45) is 0 Å². The quantitative estimate of drug-likeness (QED) is 0.721. The van der Waals surface area contributed by atoms with Crippen molar-refractivity contribution in [3.8, 4) is 5.75 Å². The summed E-state index contributed by atoms with van der Waals surface area (Å²) in [6.07, 6.45) is -0.425. The fourth-order valence-electron chi connectivity index (χ4n) is 5.73. The molecule has 1 unspecified atom stereocenters. The van der Waals surface area contributed by atoms with Gasteiger partial charge in [0.2, 0.25) is 0 Å². The van der Waals surface area contributed by atoms with Gasteiger partial charge in [-0.25, -0.2) is 0 Å². The zero-order valence-electron chi connectivity index (χ0n) is 13.4. The summed E-state index contributed by atoms with van der Waals surface area (Å²) in [6.45, 7) is 2.77. The lowest BCUT2D eigenvalue weighted by Gasteiger charge is -2.63. The van der Waals surface area contributed by atoms with Crippen LogP contribution in [0.3, 0.4) is 0 Å². The number of ketones is 1. The van der Waals surface area contributed by atoms with Crippen molar-refractivity contribution in [1.82, 2.24) is 4.90 Å². The Labute approximate surface area is 134 Å². The van der Waals surface area contributed by atoms with Crippen molar-refractivity contribution in [2.75, 3.05) is 13.6 Å². The van der Waals surface area contributed by atoms with Gasteiger partial charge in [-0.05, 0) is 44.5 Å². The van der Waals surface area contributed by atoms with Crippen molar-refractivity contribution in [3.05, 3.63) is 28.8 Å². The fraction of sp³-hybridized carbons (Fsp3) is 0.611. The van der Waals surface area contributed by atoms with Gasteiger partial charge in [0.25, 0.3) is 0 Å². The Hall–Kier alpha value is -1.43. The lowest BCUT2D eigenvalue weighted by atomic mass is 9.48. The molecule has 2 bridgehead atoms. The minimum atomic E-state index is -1.33. The minimum absolute atomic E-state index is 0.0321. The van der Waals surface area contributed by atoms with E-state index < -0.39 is 23.2 Å². The van der Waals surface area contributed by atoms with Gasteiger partial charge in [0.1, 0.15) is 11.4 Å². The number of likely N-dealkylation sites (tertiary alicyclic amines) is 1. The molecule has 2 fully saturated rings. The molecule has 5 rings (SSSR count). The number of hydrogen-bond donors (Lipinski definition) is 2. The van der Waals surface area contributed by atoms with E-state index in [1.807, 2.05) is 20.0 Å². The number of carbonyl (C=O) groups is 1. The van der Waals surface area contributed by atoms with Crippen molar-refractivity contribution >= 4 is 5.78 Å². The number of Topliss-reactive ketones (excluding diaryl/α,β-unsaturated/α-hetero) is 1. The van der Waals surface area contributed by atoms with Gasteiger partial charge in [0, 0.05) is 18.0 Å². The standard InChI is InChI=1S/C18H21NO4/c1-9-3-4-10-7-12-18(22)13(21)8-11(20)16-17(18,5-6-19(12)2)14(10)15(9)23-16/h3-4,12-13,16,21-22H,5-8H2,1-2H3/t12-,13?,16+,17+,18+/m1/s1. The van der Waals surface area contributed by atoms with Gasteiger partial charge in [-0.1, -0.05) is 12.1 Å². The lowest BCUT2D eigenvalue weighted by molar-refractivity contribution is -0.226. The number of likely N-dealkylation sites (N-methyl/N-ethyl adjacent to an activating group) is 1. The van der Waals surface area contributed by atoms with Gasteiger partial charge in [-0.15, -0.1) is 0 Å². The summed E-state index contributed by atoms with van der Waals surface area (Å²) < 4.78 is 6.13. The molecule has 1 aromatic rings. The van der Waals surface area contributed by atoms with E-state index in [2.05, 4.69) is 11.0 Å². The number of ether oxygens (including phenoxy) is 1. The van der Waals surface area contributed by atoms with Gasteiger partial charge in [0.05, 0.1) is 11.5 Å². The molecule has 5 nitrogen and oxygen atoms in total. The molecular weight excluding hydrogens is 294 g/mol. The van der Waals surface area contributed by atoms with E-state index in [0.29, 0.717) is 12.8 Å². The Bertz CT molecular complexity index is 747. The molecule has 0 radical (unpaired) electrons. The SMILES string of the molecule is Cc1ccc2c3c1O[C@H]1C(=O)CC(O)[C@@]4(O)[C@@H](C2)N(C)CC[C@]314. The maximum Gasteiger partial charge on any atom is 0.177 e. The van der Waals surface area contributed by atoms with Gasteiger partial charge in [-0.3, -0.25) is 4.79 Å². The van der Waals surface area contributed by atoms with Crippen LogP contribution in [0.1, 0.15) is 29.5 Å². The van der Waals surface area contributed by atoms with Crippen LogP contribution in [0.4, 0.5) is 0 Å². The Kier molecular flexibility index (Phi) is 2.41. The second-order valence-electron chi connectivity index (χ2n) is 7.68. The first-order chi connectivity index (χ1) is 10.9. The summed E-state index contributed by atoms with van der Waals surface area (Å²) in [5, 5.41) is 22.5. The number of nitrogens with zero attached hydrogens (tertiary/aromatic N) is 1. The second-order valence-corrected chi connectivity index (χ2v) is 7.68. The van der Waals surface area contributed by atoms with E-state index in [1.54, 1.807) is 0 Å². The Morgan fingerprint density at radius 2 is 2.13 bits per heavy atom. The van der Waals surface area contributed by atoms with Crippen LogP contribution < -0.4 is 4.74 Å². The Morgan fingerprint density at radius 3 is 2.91 bits per heavy atom. The van der Waals surface area contributed by atoms with Crippen LogP contribution in [-0.4, -0.2) is 58.3 Å². The maximum absolute atomic E-state index is 12.7. The summed E-state index contributed by atoms with van der Waals surface area (Å²) in [5.74, 6) is 0.672. The molecule has 5 atom stereocenters. The van der Waals surface area contributed by atoms with E-state index in [4.69, 9.17) is 4.74 Å². The van der Waals surface area contributed by atoms with Gasteiger partial charge in [0.15, 0.2) is 11.9 Å². The Morgan fingerprint density at radius 1 is 1.35 bits per heavy atom. The van der Waals surface area contributed by atoms with E-state index >= 15 is 0 Å². The van der Waals surface area contributed by atoms with E-state index in [-0.39, 0.29) is 18.2 Å². The summed E-state index contributed by atoms with van der Waals surface area (Å²) in [5.41, 5.74) is 1.01. The zero-order chi connectivity index (χ0) is 16.1. The van der Waals surface area contributed by atoms with Crippen LogP contribution in [-0.2, 0) is 16.6 Å². The van der Waals surface area contributed by atoms with Gasteiger partial charge in [-0.2, -0.15) is 0 Å². The van der Waals surface area contributed by atoms with Crippen molar-refractivity contribution in [1.29, 1.82) is 0 Å². The highest BCUT2D eigenvalue weighted by Gasteiger charge is 2.75. The molecule has 5 heteroatoms. The number of aliphatic hydroxyl groups is 2. The molecule has 1 spiro atoms. The molecule has 1 saturated heterocycles. The number of hydrogen-bond acceptors (Lipinski definition) is 5. The lowest BCUT2D eigenvalue weighted by Crippen LogP contribution is -2.80. The topological polar surface area (TPSA) is 70.0 Å². The molecule has 2 heterocycles. The number of carbonyl (C=O) groups excluding carboxylic acids is 1. The molecule has 23 heavy (non-hydrogen) atoms. The van der Waals surface area contributed by atoms with E-state index in [9.17, 15) is 15.0 Å². The third-order valence-corrected chi connectivity index (χ3v) is 6.79. The first-order valence-electron chi connectivity index (χ1n) is 8.34. The predicted octanol–water partition coefficient (Wildman–Crippen LogP) is 0.319. The van der Waals surface area contributed by atoms with Crippen LogP contribution in [0.15, 0.2) is 12.1 Å². The second kappa shape index (κ2) is 3.97. The molecule has 122 valence electrons.